The molecule has 1 aliphatic heterocycles. The van der Waals surface area contributed by atoms with E-state index in [4.69, 9.17) is 4.84 Å². The van der Waals surface area contributed by atoms with Gasteiger partial charge in [0.25, 0.3) is 0 Å². The Kier molecular flexibility index (Phi) is 3.01. The number of hydroxylamine groups is 2. The van der Waals surface area contributed by atoms with E-state index < -0.39 is 0 Å². The van der Waals surface area contributed by atoms with E-state index in [1.165, 1.54) is 19.3 Å². The van der Waals surface area contributed by atoms with Crippen molar-refractivity contribution in [3.05, 3.63) is 0 Å². The second-order valence-electron chi connectivity index (χ2n) is 2.47. The molecule has 0 bridgehead atoms. The van der Waals surface area contributed by atoms with Crippen LogP contribution in [0.5, 0.6) is 0 Å². The lowest BCUT2D eigenvalue weighted by molar-refractivity contribution is -0.180. The second kappa shape index (κ2) is 3.85. The Hall–Kier alpha value is -0.0800. The second-order valence-corrected chi connectivity index (χ2v) is 2.47. The van der Waals surface area contributed by atoms with E-state index >= 15 is 0 Å². The van der Waals surface area contributed by atoms with E-state index in [0.29, 0.717) is 0 Å². The molecule has 9 heavy (non-hydrogen) atoms. The quantitative estimate of drug-likeness (QED) is 0.559. The van der Waals surface area contributed by atoms with Crippen molar-refractivity contribution in [2.45, 2.75) is 26.2 Å². The van der Waals surface area contributed by atoms with Gasteiger partial charge < -0.3 is 0 Å². The van der Waals surface area contributed by atoms with Gasteiger partial charge in [0.1, 0.15) is 0 Å². The van der Waals surface area contributed by atoms with Crippen LogP contribution in [0.25, 0.3) is 0 Å². The summed E-state index contributed by atoms with van der Waals surface area (Å²) in [5.74, 6) is 0. The monoisotopic (exact) mass is 129 g/mol. The van der Waals surface area contributed by atoms with Crippen LogP contribution in [0.4, 0.5) is 0 Å². The summed E-state index contributed by atoms with van der Waals surface area (Å²) in [5, 5.41) is 2.07. The van der Waals surface area contributed by atoms with Crippen molar-refractivity contribution in [2.75, 3.05) is 19.7 Å². The van der Waals surface area contributed by atoms with Gasteiger partial charge in [0, 0.05) is 13.1 Å². The van der Waals surface area contributed by atoms with Gasteiger partial charge in [-0.25, -0.2) is 0 Å². The maximum absolute atomic E-state index is 5.35. The van der Waals surface area contributed by atoms with E-state index in [9.17, 15) is 0 Å². The third kappa shape index (κ3) is 2.33. The van der Waals surface area contributed by atoms with E-state index in [1.54, 1.807) is 0 Å². The highest BCUT2D eigenvalue weighted by Crippen LogP contribution is 2.05. The predicted molar refractivity (Wildman–Crippen MR) is 37.0 cm³/mol. The fraction of sp³-hybridized carbons (Fsp3) is 1.00. The van der Waals surface area contributed by atoms with E-state index in [-0.39, 0.29) is 0 Å². The van der Waals surface area contributed by atoms with E-state index in [1.807, 2.05) is 0 Å². The highest BCUT2D eigenvalue weighted by molar-refractivity contribution is 4.51. The van der Waals surface area contributed by atoms with Crippen molar-refractivity contribution in [3.63, 3.8) is 0 Å². The lowest BCUT2D eigenvalue weighted by atomic mass is 10.3. The maximum Gasteiger partial charge on any atom is 0.0685 e. The van der Waals surface area contributed by atoms with Crippen LogP contribution in [-0.4, -0.2) is 24.8 Å². The molecule has 0 unspecified atom stereocenters. The van der Waals surface area contributed by atoms with E-state index in [2.05, 4.69) is 12.0 Å². The van der Waals surface area contributed by atoms with Crippen LogP contribution in [0.3, 0.4) is 0 Å². The molecule has 1 saturated heterocycles. The summed E-state index contributed by atoms with van der Waals surface area (Å²) in [7, 11) is 0. The van der Waals surface area contributed by atoms with Gasteiger partial charge in [-0.1, -0.05) is 6.92 Å². The Labute approximate surface area is 56.8 Å². The van der Waals surface area contributed by atoms with Crippen LogP contribution in [0, 0.1) is 0 Å². The molecule has 0 aromatic rings. The molecule has 0 N–H and O–H groups in total. The van der Waals surface area contributed by atoms with Crippen molar-refractivity contribution >= 4 is 0 Å². The molecule has 54 valence electrons. The van der Waals surface area contributed by atoms with Gasteiger partial charge in [-0.3, -0.25) is 4.84 Å². The number of nitrogens with zero attached hydrogens (tertiary/aromatic N) is 1. The molecule has 0 aromatic heterocycles. The molecular weight excluding hydrogens is 114 g/mol. The lowest BCUT2D eigenvalue weighted by Gasteiger charge is -2.25. The first kappa shape index (κ1) is 7.03. The molecule has 0 atom stereocenters. The van der Waals surface area contributed by atoms with Gasteiger partial charge in [0.15, 0.2) is 0 Å². The van der Waals surface area contributed by atoms with Gasteiger partial charge >= 0.3 is 0 Å². The fourth-order valence-corrected chi connectivity index (χ4v) is 1.07. The molecular formula is C7H15NO. The van der Waals surface area contributed by atoms with E-state index in [0.717, 1.165) is 19.7 Å². The molecule has 1 rings (SSSR count). The minimum absolute atomic E-state index is 0.931. The summed E-state index contributed by atoms with van der Waals surface area (Å²) in [6, 6.07) is 0. The summed E-state index contributed by atoms with van der Waals surface area (Å²) < 4.78 is 0. The maximum atomic E-state index is 5.35. The first-order valence-electron chi connectivity index (χ1n) is 3.81. The predicted octanol–water partition coefficient (Wildman–Crippen LogP) is 1.42. The van der Waals surface area contributed by atoms with Crippen LogP contribution < -0.4 is 0 Å². The highest BCUT2D eigenvalue weighted by atomic mass is 16.7. The number of rotatable bonds is 2. The van der Waals surface area contributed by atoms with Crippen molar-refractivity contribution < 1.29 is 4.84 Å². The third-order valence-electron chi connectivity index (χ3n) is 1.55. The molecule has 0 saturated carbocycles. The fourth-order valence-electron chi connectivity index (χ4n) is 1.07. The van der Waals surface area contributed by atoms with Crippen LogP contribution in [-0.2, 0) is 4.84 Å². The third-order valence-corrected chi connectivity index (χ3v) is 1.55. The smallest absolute Gasteiger partial charge is 0.0685 e. The molecule has 0 spiro atoms. The zero-order chi connectivity index (χ0) is 6.53. The highest BCUT2D eigenvalue weighted by Gasteiger charge is 2.07. The number of hydrogen-bond donors (Lipinski definition) is 0. The minimum Gasteiger partial charge on any atom is -0.299 e. The summed E-state index contributed by atoms with van der Waals surface area (Å²) in [6.45, 7) is 5.34. The van der Waals surface area contributed by atoms with Gasteiger partial charge in [-0.2, -0.15) is 5.06 Å². The van der Waals surface area contributed by atoms with Gasteiger partial charge in [0.05, 0.1) is 6.61 Å². The molecule has 1 heterocycles. The Morgan fingerprint density at radius 3 is 2.89 bits per heavy atom. The SMILES string of the molecule is CCCN1CCCCO1. The molecule has 0 amide bonds. The molecule has 0 aromatic carbocycles. The average Bonchev–Trinajstić information content (AvgIpc) is 1.91. The Balaban J connectivity index is 2.08. The molecule has 2 nitrogen and oxygen atoms in total. The molecule has 2 heteroatoms. The average molecular weight is 129 g/mol. The first-order chi connectivity index (χ1) is 4.43. The topological polar surface area (TPSA) is 12.5 Å². The molecule has 0 aliphatic carbocycles. The standard InChI is InChI=1S/C7H15NO/c1-2-5-8-6-3-4-7-9-8/h2-7H2,1H3. The van der Waals surface area contributed by atoms with Crippen molar-refractivity contribution in [1.82, 2.24) is 5.06 Å². The summed E-state index contributed by atoms with van der Waals surface area (Å²) in [4.78, 5) is 5.35. The zero-order valence-electron chi connectivity index (χ0n) is 6.10. The summed E-state index contributed by atoms with van der Waals surface area (Å²) in [5.41, 5.74) is 0. The first-order valence-corrected chi connectivity index (χ1v) is 3.81. The van der Waals surface area contributed by atoms with Crippen LogP contribution in [0.2, 0.25) is 0 Å². The molecule has 0 radical (unpaired) electrons. The Bertz CT molecular complexity index is 66.6. The summed E-state index contributed by atoms with van der Waals surface area (Å²) in [6.07, 6.45) is 3.74. The normalized spacial score (nSPS) is 22.3. The molecule has 1 fully saturated rings. The van der Waals surface area contributed by atoms with Crippen LogP contribution in [0.1, 0.15) is 26.2 Å². The van der Waals surface area contributed by atoms with Crippen molar-refractivity contribution in [3.8, 4) is 0 Å². The largest absolute Gasteiger partial charge is 0.299 e. The van der Waals surface area contributed by atoms with Crippen molar-refractivity contribution in [2.24, 2.45) is 0 Å². The molecule has 1 aliphatic rings. The van der Waals surface area contributed by atoms with Crippen LogP contribution in [0.15, 0.2) is 0 Å². The van der Waals surface area contributed by atoms with Gasteiger partial charge in [0.2, 0.25) is 0 Å². The number of hydrogen-bond acceptors (Lipinski definition) is 2. The lowest BCUT2D eigenvalue weighted by Crippen LogP contribution is -2.30. The minimum atomic E-state index is 0.931. The van der Waals surface area contributed by atoms with Crippen molar-refractivity contribution in [1.29, 1.82) is 0 Å². The zero-order valence-corrected chi connectivity index (χ0v) is 6.10. The van der Waals surface area contributed by atoms with Gasteiger partial charge in [-0.15, -0.1) is 0 Å². The summed E-state index contributed by atoms with van der Waals surface area (Å²) >= 11 is 0. The van der Waals surface area contributed by atoms with Crippen LogP contribution >= 0.6 is 0 Å². The van der Waals surface area contributed by atoms with Gasteiger partial charge in [-0.05, 0) is 19.3 Å². The Morgan fingerprint density at radius 1 is 1.44 bits per heavy atom. The Morgan fingerprint density at radius 2 is 2.33 bits per heavy atom.